The molecule has 2 aliphatic carbocycles. The van der Waals surface area contributed by atoms with E-state index in [0.717, 1.165) is 16.3 Å². The maximum Gasteiger partial charge on any atom is 0.355 e. The maximum absolute atomic E-state index is 14.5. The number of H-pyrrole nitrogens is 1. The minimum absolute atomic E-state index is 0.0146. The lowest BCUT2D eigenvalue weighted by atomic mass is 9.69. The monoisotopic (exact) mass is 809 g/mol. The average Bonchev–Trinajstić information content (AvgIpc) is 3.85. The topological polar surface area (TPSA) is 205 Å². The molecule has 6 rings (SSSR count). The molecule has 308 valence electrons. The van der Waals surface area contributed by atoms with Crippen LogP contribution in [0.5, 0.6) is 0 Å². The summed E-state index contributed by atoms with van der Waals surface area (Å²) in [6.45, 7) is 5.78. The summed E-state index contributed by atoms with van der Waals surface area (Å²) in [7, 11) is -0.334. The van der Waals surface area contributed by atoms with Crippen molar-refractivity contribution in [1.82, 2.24) is 14.6 Å². The molecule has 0 unspecified atom stereocenters. The van der Waals surface area contributed by atoms with Crippen molar-refractivity contribution in [2.24, 2.45) is 16.7 Å². The molecule has 3 heterocycles. The lowest BCUT2D eigenvalue weighted by molar-refractivity contribution is -0.141. The predicted molar refractivity (Wildman–Crippen MR) is 204 cm³/mol. The second kappa shape index (κ2) is 15.7. The molecule has 16 heteroatoms. The molecule has 2 aliphatic heterocycles. The molecule has 2 saturated carbocycles. The number of nitrogens with one attached hydrogen (secondary N) is 2. The summed E-state index contributed by atoms with van der Waals surface area (Å²) < 4.78 is 49.2. The number of aromatic amines is 1. The van der Waals surface area contributed by atoms with Gasteiger partial charge in [-0.3, -0.25) is 24.0 Å². The van der Waals surface area contributed by atoms with Gasteiger partial charge in [0.15, 0.2) is 0 Å². The fourth-order valence-corrected chi connectivity index (χ4v) is 12.5. The molecule has 2 aromatic rings. The van der Waals surface area contributed by atoms with Crippen molar-refractivity contribution in [1.29, 1.82) is 0 Å². The van der Waals surface area contributed by atoms with E-state index >= 15 is 0 Å². The van der Waals surface area contributed by atoms with Gasteiger partial charge in [0, 0.05) is 35.9 Å². The quantitative estimate of drug-likeness (QED) is 0.196. The normalized spacial score (nSPS) is 25.2. The van der Waals surface area contributed by atoms with Gasteiger partial charge in [0.2, 0.25) is 21.8 Å². The molecule has 57 heavy (non-hydrogen) atoms. The van der Waals surface area contributed by atoms with Crippen molar-refractivity contribution in [3.05, 3.63) is 69.6 Å². The predicted octanol–water partition coefficient (Wildman–Crippen LogP) is 3.63. The summed E-state index contributed by atoms with van der Waals surface area (Å²) in [5, 5.41) is 2.98. The number of nitrogens with zero attached hydrogens (tertiary/aromatic N) is 1. The lowest BCUT2D eigenvalue weighted by Gasteiger charge is -2.37. The van der Waals surface area contributed by atoms with Crippen LogP contribution in [0, 0.1) is 16.7 Å². The molecule has 2 bridgehead atoms. The third-order valence-corrected chi connectivity index (χ3v) is 15.0. The molecule has 0 radical (unpaired) electrons. The molecular formula is C41H51N3O12S. The zero-order valence-electron chi connectivity index (χ0n) is 33.3. The van der Waals surface area contributed by atoms with Crippen molar-refractivity contribution >= 4 is 45.7 Å². The second-order valence-corrected chi connectivity index (χ2v) is 18.2. The maximum atomic E-state index is 14.5. The number of rotatable bonds is 15. The summed E-state index contributed by atoms with van der Waals surface area (Å²) in [6, 6.07) is 8.48. The van der Waals surface area contributed by atoms with Gasteiger partial charge < -0.3 is 29.2 Å². The molecular weight excluding hydrogens is 759 g/mol. The Morgan fingerprint density at radius 2 is 1.53 bits per heavy atom. The Morgan fingerprint density at radius 1 is 0.877 bits per heavy atom. The smallest absolute Gasteiger partial charge is 0.355 e. The highest BCUT2D eigenvalue weighted by Crippen LogP contribution is 2.70. The van der Waals surface area contributed by atoms with Crippen LogP contribution in [0.2, 0.25) is 0 Å². The average molecular weight is 810 g/mol. The van der Waals surface area contributed by atoms with E-state index in [1.807, 2.05) is 6.07 Å². The van der Waals surface area contributed by atoms with Crippen LogP contribution in [-0.4, -0.2) is 92.1 Å². The molecule has 1 spiro atoms. The Hall–Kier alpha value is -4.99. The summed E-state index contributed by atoms with van der Waals surface area (Å²) in [4.78, 5) is 82.8. The molecule has 2 amide bonds. The first-order chi connectivity index (χ1) is 26.9. The van der Waals surface area contributed by atoms with E-state index in [9.17, 15) is 37.2 Å². The largest absolute Gasteiger partial charge is 0.469 e. The number of methoxy groups -OCH3 is 3. The van der Waals surface area contributed by atoms with Crippen LogP contribution in [0.4, 0.5) is 0 Å². The number of esters is 4. The van der Waals surface area contributed by atoms with Crippen molar-refractivity contribution in [3.63, 3.8) is 0 Å². The highest BCUT2D eigenvalue weighted by Gasteiger charge is 2.72. The Kier molecular flexibility index (Phi) is 11.5. The number of ether oxygens (including phenoxy) is 4. The van der Waals surface area contributed by atoms with Gasteiger partial charge in [0.25, 0.3) is 0 Å². The van der Waals surface area contributed by atoms with Crippen molar-refractivity contribution in [2.45, 2.75) is 103 Å². The van der Waals surface area contributed by atoms with Crippen LogP contribution >= 0.6 is 0 Å². The van der Waals surface area contributed by atoms with E-state index < -0.39 is 69.1 Å². The van der Waals surface area contributed by atoms with Crippen molar-refractivity contribution < 1.29 is 56.1 Å². The molecule has 1 aromatic carbocycles. The summed E-state index contributed by atoms with van der Waals surface area (Å²) in [5.41, 5.74) is -0.118. The van der Waals surface area contributed by atoms with E-state index in [1.165, 1.54) is 21.3 Å². The third kappa shape index (κ3) is 7.60. The Bertz CT molecular complexity index is 2120. The van der Waals surface area contributed by atoms with E-state index in [-0.39, 0.29) is 84.6 Å². The first-order valence-electron chi connectivity index (χ1n) is 19.2. The van der Waals surface area contributed by atoms with Crippen LogP contribution in [0.3, 0.4) is 0 Å². The highest BCUT2D eigenvalue weighted by molar-refractivity contribution is 7.90. The van der Waals surface area contributed by atoms with Gasteiger partial charge in [-0.05, 0) is 72.6 Å². The zero-order valence-corrected chi connectivity index (χ0v) is 34.1. The van der Waals surface area contributed by atoms with Crippen LogP contribution in [-0.2, 0) is 78.8 Å². The molecule has 1 saturated heterocycles. The summed E-state index contributed by atoms with van der Waals surface area (Å²) in [6.07, 6.45) is 0.900. The summed E-state index contributed by atoms with van der Waals surface area (Å²) in [5.74, 6) is -3.65. The van der Waals surface area contributed by atoms with E-state index in [1.54, 1.807) is 31.2 Å². The molecule has 15 nitrogen and oxygen atoms in total. The number of fused-ring (bicyclic) bond motifs is 1. The Labute approximate surface area is 332 Å². The van der Waals surface area contributed by atoms with Gasteiger partial charge in [-0.2, -0.15) is 0 Å². The minimum Gasteiger partial charge on any atom is -0.469 e. The van der Waals surface area contributed by atoms with E-state index in [0.29, 0.717) is 24.1 Å². The highest BCUT2D eigenvalue weighted by atomic mass is 32.2. The standard InChI is InChI=1S/C41H51N3O12S/c1-39(2)25-16-17-41(39)23-57(51,52)44(31(41)18-25)32(45)20-29-27(13-15-34(47)54-5)37(49)43-40(29,3)21-30-26(12-14-33(46)53-4)28(19-35(48)55-6)36(42-30)38(50)56-22-24-10-8-7-9-11-24/h7-11,25,31,42H,12-23H2,1-6H3,(H,43,49)/t25-,31-,40+,41-/m1/s1. The van der Waals surface area contributed by atoms with E-state index in [2.05, 4.69) is 24.1 Å². The molecule has 4 atom stereocenters. The SMILES string of the molecule is COC(=O)CCC1=C(CC(=O)N2[C@@H]3C[C@H]4CC[C@]3(CS2(=O)=O)C4(C)C)[C@](C)(Cc2[nH]c(C(=O)OCc3ccccc3)c(CC(=O)OC)c2CCC(=O)OC)NC1=O. The molecule has 2 N–H and O–H groups in total. The Balaban J connectivity index is 1.40. The third-order valence-electron chi connectivity index (χ3n) is 13.1. The van der Waals surface area contributed by atoms with Crippen LogP contribution in [0.1, 0.15) is 98.6 Å². The first kappa shape index (κ1) is 41.6. The zero-order chi connectivity index (χ0) is 41.5. The number of carbonyl (C=O) groups is 6. The molecule has 4 aliphatic rings. The lowest BCUT2D eigenvalue weighted by Crippen LogP contribution is -2.47. The number of hydrogen-bond donors (Lipinski definition) is 2. The number of hydrogen-bond acceptors (Lipinski definition) is 12. The van der Waals surface area contributed by atoms with Gasteiger partial charge in [-0.1, -0.05) is 44.2 Å². The number of benzene rings is 1. The fourth-order valence-electron chi connectivity index (χ4n) is 9.92. The van der Waals surface area contributed by atoms with Gasteiger partial charge in [0.05, 0.1) is 51.5 Å². The van der Waals surface area contributed by atoms with Crippen molar-refractivity contribution in [2.75, 3.05) is 27.1 Å². The fraction of sp³-hybridized carbons (Fsp3) is 0.561. The van der Waals surface area contributed by atoms with Gasteiger partial charge >= 0.3 is 23.9 Å². The van der Waals surface area contributed by atoms with Crippen LogP contribution in [0.25, 0.3) is 0 Å². The van der Waals surface area contributed by atoms with Gasteiger partial charge in [-0.15, -0.1) is 0 Å². The van der Waals surface area contributed by atoms with Crippen LogP contribution in [0.15, 0.2) is 41.5 Å². The minimum atomic E-state index is -4.00. The van der Waals surface area contributed by atoms with E-state index in [4.69, 9.17) is 18.9 Å². The number of amides is 2. The second-order valence-electron chi connectivity index (χ2n) is 16.3. The first-order valence-corrected chi connectivity index (χ1v) is 20.8. The number of sulfonamides is 1. The van der Waals surface area contributed by atoms with Gasteiger partial charge in [0.1, 0.15) is 12.3 Å². The van der Waals surface area contributed by atoms with Crippen molar-refractivity contribution in [3.8, 4) is 0 Å². The molecule has 3 fully saturated rings. The Morgan fingerprint density at radius 3 is 2.16 bits per heavy atom. The number of aromatic nitrogens is 1. The molecule has 1 aromatic heterocycles. The van der Waals surface area contributed by atoms with Gasteiger partial charge in [-0.25, -0.2) is 17.5 Å². The number of carbonyl (C=O) groups excluding carboxylic acids is 6. The summed E-state index contributed by atoms with van der Waals surface area (Å²) >= 11 is 0. The van der Waals surface area contributed by atoms with Crippen LogP contribution < -0.4 is 5.32 Å².